The molecule has 0 saturated heterocycles. The highest BCUT2D eigenvalue weighted by Gasteiger charge is 2.59. The summed E-state index contributed by atoms with van der Waals surface area (Å²) in [5.41, 5.74) is 0.420. The highest BCUT2D eigenvalue weighted by Crippen LogP contribution is 2.50. The first kappa shape index (κ1) is 15.5. The Morgan fingerprint density at radius 3 is 2.75 bits per heavy atom. The van der Waals surface area contributed by atoms with Gasteiger partial charge >= 0.3 is 0 Å². The normalized spacial score (nSPS) is 27.9. The van der Waals surface area contributed by atoms with Crippen LogP contribution in [0.3, 0.4) is 0 Å². The van der Waals surface area contributed by atoms with Crippen molar-refractivity contribution >= 4 is 17.2 Å². The molecule has 0 bridgehead atoms. The van der Waals surface area contributed by atoms with E-state index in [1.165, 1.54) is 11.3 Å². The van der Waals surface area contributed by atoms with Crippen molar-refractivity contribution in [1.29, 1.82) is 0 Å². The molecule has 4 nitrogen and oxygen atoms in total. The largest absolute Gasteiger partial charge is 0.387 e. The zero-order valence-corrected chi connectivity index (χ0v) is 13.3. The molecular formula is C15H23NO3S. The first-order valence-corrected chi connectivity index (χ1v) is 7.91. The van der Waals surface area contributed by atoms with Gasteiger partial charge in [0.25, 0.3) is 5.91 Å². The maximum absolute atomic E-state index is 12.1. The van der Waals surface area contributed by atoms with Crippen LogP contribution in [-0.2, 0) is 4.74 Å². The fourth-order valence-corrected chi connectivity index (χ4v) is 3.50. The van der Waals surface area contributed by atoms with Crippen LogP contribution in [0.2, 0.25) is 0 Å². The second-order valence-electron chi connectivity index (χ2n) is 6.05. The molecule has 1 aromatic heterocycles. The third-order valence-electron chi connectivity index (χ3n) is 4.54. The van der Waals surface area contributed by atoms with Gasteiger partial charge in [-0.1, -0.05) is 13.8 Å². The molecule has 1 aliphatic rings. The highest BCUT2D eigenvalue weighted by atomic mass is 32.1. The SMILES string of the molecule is CCOC1CC(O)(CNC(=O)c2cscc2C)C1(C)C. The average Bonchev–Trinajstić information content (AvgIpc) is 2.82. The third-order valence-corrected chi connectivity index (χ3v) is 5.40. The van der Waals surface area contributed by atoms with E-state index in [9.17, 15) is 9.90 Å². The predicted octanol–water partition coefficient (Wildman–Crippen LogP) is 2.35. The van der Waals surface area contributed by atoms with Crippen LogP contribution in [0.25, 0.3) is 0 Å². The third kappa shape index (κ3) is 2.50. The molecule has 2 N–H and O–H groups in total. The molecule has 1 fully saturated rings. The fraction of sp³-hybridized carbons (Fsp3) is 0.667. The van der Waals surface area contributed by atoms with Gasteiger partial charge in [-0.05, 0) is 24.8 Å². The molecular weight excluding hydrogens is 274 g/mol. The Balaban J connectivity index is 1.95. The number of ether oxygens (including phenoxy) is 1. The Hall–Kier alpha value is -0.910. The van der Waals surface area contributed by atoms with Crippen LogP contribution in [-0.4, -0.2) is 35.9 Å². The van der Waals surface area contributed by atoms with Crippen molar-refractivity contribution in [2.75, 3.05) is 13.2 Å². The Kier molecular flexibility index (Phi) is 4.23. The number of nitrogens with one attached hydrogen (secondary N) is 1. The van der Waals surface area contributed by atoms with Gasteiger partial charge in [-0.2, -0.15) is 11.3 Å². The van der Waals surface area contributed by atoms with Crippen LogP contribution >= 0.6 is 11.3 Å². The maximum Gasteiger partial charge on any atom is 0.252 e. The summed E-state index contributed by atoms with van der Waals surface area (Å²) in [7, 11) is 0. The van der Waals surface area contributed by atoms with E-state index in [-0.39, 0.29) is 24.0 Å². The summed E-state index contributed by atoms with van der Waals surface area (Å²) < 4.78 is 5.62. The monoisotopic (exact) mass is 297 g/mol. The lowest BCUT2D eigenvalue weighted by molar-refractivity contribution is -0.237. The smallest absolute Gasteiger partial charge is 0.252 e. The number of carbonyl (C=O) groups is 1. The summed E-state index contributed by atoms with van der Waals surface area (Å²) >= 11 is 1.51. The molecule has 0 spiro atoms. The van der Waals surface area contributed by atoms with Crippen molar-refractivity contribution in [1.82, 2.24) is 5.32 Å². The first-order chi connectivity index (χ1) is 9.32. The zero-order chi connectivity index (χ0) is 15.0. The van der Waals surface area contributed by atoms with Crippen molar-refractivity contribution in [2.45, 2.75) is 45.8 Å². The molecule has 1 heterocycles. The molecule has 1 saturated carbocycles. The van der Waals surface area contributed by atoms with Crippen LogP contribution in [0.4, 0.5) is 0 Å². The van der Waals surface area contributed by atoms with E-state index < -0.39 is 5.60 Å². The number of hydrogen-bond donors (Lipinski definition) is 2. The molecule has 2 unspecified atom stereocenters. The van der Waals surface area contributed by atoms with Gasteiger partial charge < -0.3 is 15.2 Å². The van der Waals surface area contributed by atoms with Crippen LogP contribution in [0.15, 0.2) is 10.8 Å². The number of rotatable bonds is 5. The van der Waals surface area contributed by atoms with Crippen LogP contribution in [0.5, 0.6) is 0 Å². The van der Waals surface area contributed by atoms with Crippen molar-refractivity contribution in [2.24, 2.45) is 5.41 Å². The summed E-state index contributed by atoms with van der Waals surface area (Å²) in [6.45, 7) is 8.74. The zero-order valence-electron chi connectivity index (χ0n) is 12.5. The maximum atomic E-state index is 12.1. The topological polar surface area (TPSA) is 58.6 Å². The summed E-state index contributed by atoms with van der Waals surface area (Å²) in [5.74, 6) is -0.118. The standard InChI is InChI=1S/C15H23NO3S/c1-5-19-12-6-15(18,14(12,3)4)9-16-13(17)11-8-20-7-10(11)2/h7-8,12,18H,5-6,9H2,1-4H3,(H,16,17). The molecule has 20 heavy (non-hydrogen) atoms. The minimum absolute atomic E-state index is 0.0530. The fourth-order valence-electron chi connectivity index (χ4n) is 2.68. The van der Waals surface area contributed by atoms with E-state index in [4.69, 9.17) is 4.74 Å². The number of thiophene rings is 1. The van der Waals surface area contributed by atoms with E-state index in [0.29, 0.717) is 18.6 Å². The first-order valence-electron chi connectivity index (χ1n) is 6.97. The molecule has 0 aliphatic heterocycles. The number of aryl methyl sites for hydroxylation is 1. The van der Waals surface area contributed by atoms with Crippen LogP contribution in [0.1, 0.15) is 43.1 Å². The Labute approximate surface area is 124 Å². The lowest BCUT2D eigenvalue weighted by Crippen LogP contribution is -2.68. The van der Waals surface area contributed by atoms with E-state index in [1.807, 2.05) is 38.5 Å². The molecule has 112 valence electrons. The predicted molar refractivity (Wildman–Crippen MR) is 80.2 cm³/mol. The number of aliphatic hydroxyl groups is 1. The minimum Gasteiger partial charge on any atom is -0.387 e. The van der Waals surface area contributed by atoms with Crippen molar-refractivity contribution in [3.63, 3.8) is 0 Å². The molecule has 1 amide bonds. The highest BCUT2D eigenvalue weighted by molar-refractivity contribution is 7.08. The summed E-state index contributed by atoms with van der Waals surface area (Å²) in [6, 6.07) is 0. The van der Waals surface area contributed by atoms with E-state index >= 15 is 0 Å². The van der Waals surface area contributed by atoms with Crippen LogP contribution < -0.4 is 5.32 Å². The van der Waals surface area contributed by atoms with Gasteiger partial charge in [0.15, 0.2) is 0 Å². The lowest BCUT2D eigenvalue weighted by atomic mass is 9.56. The average molecular weight is 297 g/mol. The number of hydrogen-bond acceptors (Lipinski definition) is 4. The van der Waals surface area contributed by atoms with Crippen molar-refractivity contribution < 1.29 is 14.6 Å². The van der Waals surface area contributed by atoms with Gasteiger partial charge in [0.05, 0.1) is 17.3 Å². The van der Waals surface area contributed by atoms with Crippen molar-refractivity contribution in [3.8, 4) is 0 Å². The summed E-state index contributed by atoms with van der Waals surface area (Å²) in [4.78, 5) is 12.1. The molecule has 0 aromatic carbocycles. The van der Waals surface area contributed by atoms with Gasteiger partial charge in [0.2, 0.25) is 0 Å². The summed E-state index contributed by atoms with van der Waals surface area (Å²) in [6.07, 6.45) is 0.619. The molecule has 2 atom stereocenters. The molecule has 1 aromatic rings. The van der Waals surface area contributed by atoms with Crippen molar-refractivity contribution in [3.05, 3.63) is 21.9 Å². The Morgan fingerprint density at radius 2 is 2.25 bits per heavy atom. The lowest BCUT2D eigenvalue weighted by Gasteiger charge is -2.57. The minimum atomic E-state index is -0.896. The van der Waals surface area contributed by atoms with Gasteiger partial charge in [0.1, 0.15) is 0 Å². The quantitative estimate of drug-likeness (QED) is 0.877. The summed E-state index contributed by atoms with van der Waals surface area (Å²) in [5, 5.41) is 17.3. The molecule has 0 radical (unpaired) electrons. The van der Waals surface area contributed by atoms with E-state index in [0.717, 1.165) is 5.56 Å². The second-order valence-corrected chi connectivity index (χ2v) is 6.80. The molecule has 1 aliphatic carbocycles. The Bertz CT molecular complexity index is 497. The number of amides is 1. The van der Waals surface area contributed by atoms with E-state index in [2.05, 4.69) is 5.32 Å². The molecule has 5 heteroatoms. The van der Waals surface area contributed by atoms with Gasteiger partial charge in [0, 0.05) is 30.4 Å². The van der Waals surface area contributed by atoms with E-state index in [1.54, 1.807) is 0 Å². The van der Waals surface area contributed by atoms with Gasteiger partial charge in [-0.15, -0.1) is 0 Å². The Morgan fingerprint density at radius 1 is 1.55 bits per heavy atom. The number of carbonyl (C=O) groups excluding carboxylic acids is 1. The second kappa shape index (κ2) is 5.47. The van der Waals surface area contributed by atoms with Crippen LogP contribution in [0, 0.1) is 12.3 Å². The van der Waals surface area contributed by atoms with Gasteiger partial charge in [-0.25, -0.2) is 0 Å². The molecule has 2 rings (SSSR count). The van der Waals surface area contributed by atoms with Gasteiger partial charge in [-0.3, -0.25) is 4.79 Å².